The fraction of sp³-hybridized carbons (Fsp3) is 0.156. The second-order valence-corrected chi connectivity index (χ2v) is 11.8. The lowest BCUT2D eigenvalue weighted by Gasteiger charge is -2.22. The van der Waals surface area contributed by atoms with Gasteiger partial charge in [-0.1, -0.05) is 72.4 Å². The number of carbonyl (C=O) groups is 2. The van der Waals surface area contributed by atoms with Crippen molar-refractivity contribution in [2.45, 2.75) is 30.7 Å². The van der Waals surface area contributed by atoms with Crippen LogP contribution in [-0.2, 0) is 17.9 Å². The molecule has 3 heterocycles. The molecule has 0 bridgehead atoms. The van der Waals surface area contributed by atoms with E-state index in [0.717, 1.165) is 21.7 Å². The van der Waals surface area contributed by atoms with Crippen molar-refractivity contribution in [1.29, 1.82) is 0 Å². The van der Waals surface area contributed by atoms with Crippen LogP contribution < -0.4 is 5.32 Å². The van der Waals surface area contributed by atoms with Crippen molar-refractivity contribution in [1.82, 2.24) is 25.1 Å². The largest absolute Gasteiger partial charge is 0.345 e. The molecule has 222 valence electrons. The number of carbonyl (C=O) groups excluding carboxylic acids is 2. The first-order valence-electron chi connectivity index (χ1n) is 13.8. The zero-order chi connectivity index (χ0) is 30.5. The number of thiophene rings is 1. The SMILES string of the molecule is O=C(NCc1nnc(SCC(=O)N2N=C(c3cccs3)CC2c2ccc(F)cc2)n1Cc1ccccc1)c1ccccc1F. The van der Waals surface area contributed by atoms with Crippen LogP contribution in [0.5, 0.6) is 0 Å². The standard InChI is InChI=1S/C32H26F2N6O2S2/c33-23-14-12-22(13-15-23)27-17-26(28-11-6-16-43-28)38-40(27)30(41)20-44-32-37-36-29(39(32)19-21-7-2-1-3-8-21)18-35-31(42)24-9-4-5-10-25(24)34/h1-16,27H,17-20H2,(H,35,42). The maximum Gasteiger partial charge on any atom is 0.254 e. The molecule has 1 aliphatic heterocycles. The van der Waals surface area contributed by atoms with E-state index in [1.54, 1.807) is 29.5 Å². The third-order valence-corrected chi connectivity index (χ3v) is 8.92. The van der Waals surface area contributed by atoms with Crippen molar-refractivity contribution in [3.63, 3.8) is 0 Å². The summed E-state index contributed by atoms with van der Waals surface area (Å²) in [5.41, 5.74) is 2.50. The van der Waals surface area contributed by atoms with E-state index < -0.39 is 11.7 Å². The summed E-state index contributed by atoms with van der Waals surface area (Å²) >= 11 is 2.76. The van der Waals surface area contributed by atoms with Gasteiger partial charge in [0.25, 0.3) is 11.8 Å². The number of benzene rings is 3. The first-order chi connectivity index (χ1) is 21.5. The molecule has 2 amide bonds. The summed E-state index contributed by atoms with van der Waals surface area (Å²) in [5.74, 6) is -1.29. The number of amides is 2. The monoisotopic (exact) mass is 628 g/mol. The van der Waals surface area contributed by atoms with Gasteiger partial charge in [-0.05, 0) is 46.8 Å². The first kappa shape index (κ1) is 29.4. The Hall–Kier alpha value is -4.68. The molecule has 1 N–H and O–H groups in total. The highest BCUT2D eigenvalue weighted by Crippen LogP contribution is 2.35. The van der Waals surface area contributed by atoms with Crippen LogP contribution in [0.1, 0.15) is 44.6 Å². The second kappa shape index (κ2) is 13.3. The Morgan fingerprint density at radius 1 is 0.932 bits per heavy atom. The van der Waals surface area contributed by atoms with E-state index in [0.29, 0.717) is 23.9 Å². The minimum absolute atomic E-state index is 0.00867. The van der Waals surface area contributed by atoms with Crippen molar-refractivity contribution in [2.24, 2.45) is 5.10 Å². The van der Waals surface area contributed by atoms with Crippen LogP contribution in [0.2, 0.25) is 0 Å². The molecular formula is C32H26F2N6O2S2. The minimum Gasteiger partial charge on any atom is -0.345 e. The Kier molecular flexibility index (Phi) is 8.89. The van der Waals surface area contributed by atoms with Crippen molar-refractivity contribution < 1.29 is 18.4 Å². The number of rotatable bonds is 10. The van der Waals surface area contributed by atoms with Crippen molar-refractivity contribution >= 4 is 40.6 Å². The summed E-state index contributed by atoms with van der Waals surface area (Å²) in [6.07, 6.45) is 0.512. The predicted octanol–water partition coefficient (Wildman–Crippen LogP) is 6.07. The molecule has 5 aromatic rings. The zero-order valence-corrected chi connectivity index (χ0v) is 24.9. The lowest BCUT2D eigenvalue weighted by atomic mass is 10.0. The lowest BCUT2D eigenvalue weighted by Crippen LogP contribution is -2.28. The molecule has 0 saturated heterocycles. The highest BCUT2D eigenvalue weighted by molar-refractivity contribution is 7.99. The second-order valence-electron chi connectivity index (χ2n) is 9.96. The van der Waals surface area contributed by atoms with Gasteiger partial charge in [-0.3, -0.25) is 9.59 Å². The molecule has 0 radical (unpaired) electrons. The van der Waals surface area contributed by atoms with Crippen LogP contribution in [0.4, 0.5) is 8.78 Å². The molecule has 1 aliphatic rings. The molecule has 6 rings (SSSR count). The zero-order valence-electron chi connectivity index (χ0n) is 23.3. The molecular weight excluding hydrogens is 603 g/mol. The van der Waals surface area contributed by atoms with Gasteiger partial charge in [-0.25, -0.2) is 13.8 Å². The third kappa shape index (κ3) is 6.61. The van der Waals surface area contributed by atoms with Gasteiger partial charge in [0.1, 0.15) is 11.6 Å². The van der Waals surface area contributed by atoms with Gasteiger partial charge in [-0.15, -0.1) is 21.5 Å². The first-order valence-corrected chi connectivity index (χ1v) is 15.6. The molecule has 0 saturated carbocycles. The summed E-state index contributed by atoms with van der Waals surface area (Å²) in [5, 5.41) is 19.9. The molecule has 2 aromatic heterocycles. The van der Waals surface area contributed by atoms with E-state index in [1.807, 2.05) is 52.4 Å². The van der Waals surface area contributed by atoms with Gasteiger partial charge in [0.15, 0.2) is 11.0 Å². The lowest BCUT2D eigenvalue weighted by molar-refractivity contribution is -0.130. The van der Waals surface area contributed by atoms with Crippen molar-refractivity contribution in [2.75, 3.05) is 5.75 Å². The summed E-state index contributed by atoms with van der Waals surface area (Å²) in [4.78, 5) is 27.3. The molecule has 0 fully saturated rings. The van der Waals surface area contributed by atoms with Gasteiger partial charge in [0, 0.05) is 6.42 Å². The van der Waals surface area contributed by atoms with Gasteiger partial charge in [0.2, 0.25) is 0 Å². The van der Waals surface area contributed by atoms with E-state index >= 15 is 0 Å². The van der Waals surface area contributed by atoms with Crippen molar-refractivity contribution in [3.05, 3.63) is 135 Å². The van der Waals surface area contributed by atoms with Crippen molar-refractivity contribution in [3.8, 4) is 0 Å². The average Bonchev–Trinajstić information content (AvgIpc) is 3.81. The number of hydrogen-bond donors (Lipinski definition) is 1. The summed E-state index contributed by atoms with van der Waals surface area (Å²) in [6.45, 7) is 0.409. The highest BCUT2D eigenvalue weighted by atomic mass is 32.2. The number of aromatic nitrogens is 3. The van der Waals surface area contributed by atoms with E-state index in [9.17, 15) is 18.4 Å². The van der Waals surface area contributed by atoms with Gasteiger partial charge < -0.3 is 9.88 Å². The summed E-state index contributed by atoms with van der Waals surface area (Å²) < 4.78 is 29.6. The molecule has 8 nitrogen and oxygen atoms in total. The Labute approximate surface area is 260 Å². The maximum absolute atomic E-state index is 14.1. The van der Waals surface area contributed by atoms with Crippen LogP contribution >= 0.6 is 23.1 Å². The number of halogens is 2. The third-order valence-electron chi connectivity index (χ3n) is 7.05. The maximum atomic E-state index is 14.1. The molecule has 44 heavy (non-hydrogen) atoms. The molecule has 12 heteroatoms. The molecule has 0 spiro atoms. The molecule has 0 aliphatic carbocycles. The smallest absolute Gasteiger partial charge is 0.254 e. The van der Waals surface area contributed by atoms with Crippen LogP contribution in [0.15, 0.2) is 107 Å². The van der Waals surface area contributed by atoms with E-state index in [4.69, 9.17) is 0 Å². The Morgan fingerprint density at radius 2 is 1.70 bits per heavy atom. The average molecular weight is 629 g/mol. The fourth-order valence-corrected chi connectivity index (χ4v) is 6.38. The van der Waals surface area contributed by atoms with Gasteiger partial charge in [0.05, 0.1) is 41.0 Å². The molecule has 1 unspecified atom stereocenters. The quantitative estimate of drug-likeness (QED) is 0.190. The Morgan fingerprint density at radius 3 is 2.45 bits per heavy atom. The van der Waals surface area contributed by atoms with E-state index in [2.05, 4.69) is 20.6 Å². The van der Waals surface area contributed by atoms with Crippen LogP contribution in [-0.4, -0.2) is 43.1 Å². The minimum atomic E-state index is -0.615. The van der Waals surface area contributed by atoms with Gasteiger partial charge >= 0.3 is 0 Å². The Balaban J connectivity index is 1.21. The summed E-state index contributed by atoms with van der Waals surface area (Å²) in [7, 11) is 0. The van der Waals surface area contributed by atoms with Crippen LogP contribution in [0.3, 0.4) is 0 Å². The predicted molar refractivity (Wildman–Crippen MR) is 165 cm³/mol. The van der Waals surface area contributed by atoms with Crippen LogP contribution in [0, 0.1) is 11.6 Å². The Bertz CT molecular complexity index is 1790. The number of nitrogens with one attached hydrogen (secondary N) is 1. The topological polar surface area (TPSA) is 92.5 Å². The number of hydrogen-bond acceptors (Lipinski definition) is 7. The number of nitrogens with zero attached hydrogens (tertiary/aromatic N) is 5. The highest BCUT2D eigenvalue weighted by Gasteiger charge is 2.33. The molecule has 3 aromatic carbocycles. The fourth-order valence-electron chi connectivity index (χ4n) is 4.85. The molecule has 1 atom stereocenters. The van der Waals surface area contributed by atoms with Gasteiger partial charge in [-0.2, -0.15) is 5.10 Å². The normalized spacial score (nSPS) is 14.5. The summed E-state index contributed by atoms with van der Waals surface area (Å²) in [6, 6.07) is 25.1. The number of thioether (sulfide) groups is 1. The van der Waals surface area contributed by atoms with E-state index in [-0.39, 0.29) is 35.6 Å². The van der Waals surface area contributed by atoms with E-state index in [1.165, 1.54) is 47.1 Å². The van der Waals surface area contributed by atoms with Crippen LogP contribution in [0.25, 0.3) is 0 Å². The number of hydrazone groups is 1.